The number of anilines is 2. The summed E-state index contributed by atoms with van der Waals surface area (Å²) in [6.07, 6.45) is 5.64. The molecule has 2 aromatic rings. The van der Waals surface area contributed by atoms with Crippen molar-refractivity contribution in [3.8, 4) is 0 Å². The zero-order valence-corrected chi connectivity index (χ0v) is 19.1. The van der Waals surface area contributed by atoms with Gasteiger partial charge in [-0.15, -0.1) is 0 Å². The summed E-state index contributed by atoms with van der Waals surface area (Å²) >= 11 is 0. The number of likely N-dealkylation sites (N-methyl/N-ethyl adjacent to an activating group) is 1. The van der Waals surface area contributed by atoms with Gasteiger partial charge in [0.2, 0.25) is 5.91 Å². The smallest absolute Gasteiger partial charge is 0.230 e. The van der Waals surface area contributed by atoms with Gasteiger partial charge in [0.1, 0.15) is 0 Å². The second kappa shape index (κ2) is 9.59. The minimum Gasteiger partial charge on any atom is -0.381 e. The van der Waals surface area contributed by atoms with E-state index in [-0.39, 0.29) is 11.8 Å². The first-order valence-electron chi connectivity index (χ1n) is 12.1. The van der Waals surface area contributed by atoms with Gasteiger partial charge in [0.05, 0.1) is 11.4 Å². The fraction of sp³-hybridized carbons (Fsp3) is 0.538. The standard InChI is InChI=1S/C26H34N4O2/c1-28-13-15-29(16-14-28)25-3-2-11-27-24(25)19-22-8-12-30(26(22)31)23-6-4-20(5-7-23)21-9-17-32-18-10-21/h2-7,11,21-22H,8-10,12-19H2,1H3. The topological polar surface area (TPSA) is 48.9 Å². The molecule has 1 amide bonds. The Morgan fingerprint density at radius 1 is 0.969 bits per heavy atom. The van der Waals surface area contributed by atoms with Crippen molar-refractivity contribution < 1.29 is 9.53 Å². The van der Waals surface area contributed by atoms with Gasteiger partial charge < -0.3 is 19.4 Å². The van der Waals surface area contributed by atoms with Crippen LogP contribution >= 0.6 is 0 Å². The van der Waals surface area contributed by atoms with Crippen LogP contribution in [0.4, 0.5) is 11.4 Å². The first kappa shape index (κ1) is 21.4. The minimum atomic E-state index is 0.00582. The molecule has 0 saturated carbocycles. The van der Waals surface area contributed by atoms with Crippen LogP contribution in [-0.4, -0.2) is 68.8 Å². The average Bonchev–Trinajstić information content (AvgIpc) is 3.20. The van der Waals surface area contributed by atoms with E-state index < -0.39 is 0 Å². The van der Waals surface area contributed by atoms with E-state index in [0.717, 1.165) is 83.0 Å². The maximum atomic E-state index is 13.3. The average molecular weight is 435 g/mol. The molecule has 5 rings (SSSR count). The van der Waals surface area contributed by atoms with Gasteiger partial charge in [0.15, 0.2) is 0 Å². The summed E-state index contributed by atoms with van der Waals surface area (Å²) in [7, 11) is 2.17. The third-order valence-corrected chi connectivity index (χ3v) is 7.36. The molecular weight excluding hydrogens is 400 g/mol. The Morgan fingerprint density at radius 2 is 1.72 bits per heavy atom. The molecule has 4 heterocycles. The maximum absolute atomic E-state index is 13.3. The van der Waals surface area contributed by atoms with Crippen molar-refractivity contribution in [2.75, 3.05) is 62.8 Å². The van der Waals surface area contributed by atoms with E-state index in [1.165, 1.54) is 11.3 Å². The van der Waals surface area contributed by atoms with Gasteiger partial charge in [0.25, 0.3) is 0 Å². The summed E-state index contributed by atoms with van der Waals surface area (Å²) < 4.78 is 5.49. The predicted molar refractivity (Wildman–Crippen MR) is 127 cm³/mol. The minimum absolute atomic E-state index is 0.00582. The van der Waals surface area contributed by atoms with Crippen molar-refractivity contribution in [3.05, 3.63) is 53.9 Å². The zero-order valence-electron chi connectivity index (χ0n) is 19.1. The summed E-state index contributed by atoms with van der Waals surface area (Å²) in [6.45, 7) is 6.64. The predicted octanol–water partition coefficient (Wildman–Crippen LogP) is 3.32. The Bertz CT molecular complexity index is 918. The lowest BCUT2D eigenvalue weighted by Crippen LogP contribution is -2.45. The summed E-state index contributed by atoms with van der Waals surface area (Å²) in [6, 6.07) is 12.8. The second-order valence-corrected chi connectivity index (χ2v) is 9.42. The molecule has 6 nitrogen and oxygen atoms in total. The summed E-state index contributed by atoms with van der Waals surface area (Å²) in [4.78, 5) is 24.7. The number of benzene rings is 1. The summed E-state index contributed by atoms with van der Waals surface area (Å²) in [5, 5.41) is 0. The van der Waals surface area contributed by atoms with E-state index in [4.69, 9.17) is 9.72 Å². The highest BCUT2D eigenvalue weighted by Gasteiger charge is 2.34. The molecule has 170 valence electrons. The molecule has 3 saturated heterocycles. The Labute approximate surface area is 191 Å². The Morgan fingerprint density at radius 3 is 2.47 bits per heavy atom. The van der Waals surface area contributed by atoms with E-state index in [1.54, 1.807) is 0 Å². The third kappa shape index (κ3) is 4.52. The van der Waals surface area contributed by atoms with Crippen molar-refractivity contribution in [2.24, 2.45) is 5.92 Å². The molecule has 3 aliphatic rings. The summed E-state index contributed by atoms with van der Waals surface area (Å²) in [5.74, 6) is 0.821. The van der Waals surface area contributed by atoms with Crippen molar-refractivity contribution in [2.45, 2.75) is 31.6 Å². The number of carbonyl (C=O) groups is 1. The number of hydrogen-bond donors (Lipinski definition) is 0. The van der Waals surface area contributed by atoms with Crippen LogP contribution in [0.2, 0.25) is 0 Å². The number of pyridine rings is 1. The lowest BCUT2D eigenvalue weighted by atomic mass is 9.91. The first-order chi connectivity index (χ1) is 15.7. The van der Waals surface area contributed by atoms with Crippen LogP contribution in [0.3, 0.4) is 0 Å². The van der Waals surface area contributed by atoms with Crippen LogP contribution in [0.15, 0.2) is 42.6 Å². The van der Waals surface area contributed by atoms with Gasteiger partial charge in [-0.25, -0.2) is 0 Å². The van der Waals surface area contributed by atoms with Crippen LogP contribution < -0.4 is 9.80 Å². The normalized spacial score (nSPS) is 23.2. The molecule has 1 aromatic carbocycles. The van der Waals surface area contributed by atoms with Crippen LogP contribution in [0, 0.1) is 5.92 Å². The van der Waals surface area contributed by atoms with Crippen LogP contribution in [0.5, 0.6) is 0 Å². The number of nitrogens with zero attached hydrogens (tertiary/aromatic N) is 4. The molecule has 0 bridgehead atoms. The van der Waals surface area contributed by atoms with Crippen molar-refractivity contribution >= 4 is 17.3 Å². The van der Waals surface area contributed by atoms with Crippen LogP contribution in [0.1, 0.15) is 36.4 Å². The first-order valence-corrected chi connectivity index (χ1v) is 12.1. The molecule has 3 aliphatic heterocycles. The molecule has 0 aliphatic carbocycles. The molecule has 1 aromatic heterocycles. The Kier molecular flexibility index (Phi) is 6.42. The SMILES string of the molecule is CN1CCN(c2cccnc2CC2CCN(c3ccc(C4CCOCC4)cc3)C2=O)CC1. The number of hydrogen-bond acceptors (Lipinski definition) is 5. The Balaban J connectivity index is 1.25. The fourth-order valence-electron chi connectivity index (χ4n) is 5.30. The van der Waals surface area contributed by atoms with Crippen molar-refractivity contribution in [3.63, 3.8) is 0 Å². The lowest BCUT2D eigenvalue weighted by Gasteiger charge is -2.35. The highest BCUT2D eigenvalue weighted by Crippen LogP contribution is 2.32. The van der Waals surface area contributed by atoms with Crippen molar-refractivity contribution in [1.29, 1.82) is 0 Å². The molecule has 32 heavy (non-hydrogen) atoms. The quantitative estimate of drug-likeness (QED) is 0.723. The van der Waals surface area contributed by atoms with Gasteiger partial charge in [0, 0.05) is 70.2 Å². The molecule has 0 spiro atoms. The molecule has 1 atom stereocenters. The molecule has 1 unspecified atom stereocenters. The number of aromatic nitrogens is 1. The van der Waals surface area contributed by atoms with Gasteiger partial charge in [-0.3, -0.25) is 9.78 Å². The number of rotatable bonds is 5. The zero-order chi connectivity index (χ0) is 21.9. The molecular formula is C26H34N4O2. The van der Waals surface area contributed by atoms with Crippen molar-refractivity contribution in [1.82, 2.24) is 9.88 Å². The number of piperazine rings is 1. The van der Waals surface area contributed by atoms with Gasteiger partial charge >= 0.3 is 0 Å². The molecule has 3 fully saturated rings. The van der Waals surface area contributed by atoms with Gasteiger partial charge in [-0.1, -0.05) is 12.1 Å². The Hall–Kier alpha value is -2.44. The van der Waals surface area contributed by atoms with E-state index in [9.17, 15) is 4.79 Å². The molecule has 0 radical (unpaired) electrons. The van der Waals surface area contributed by atoms with E-state index in [2.05, 4.69) is 47.2 Å². The number of ether oxygens (including phenoxy) is 1. The lowest BCUT2D eigenvalue weighted by molar-refractivity contribution is -0.120. The largest absolute Gasteiger partial charge is 0.381 e. The summed E-state index contributed by atoms with van der Waals surface area (Å²) in [5.41, 5.74) is 4.65. The highest BCUT2D eigenvalue weighted by molar-refractivity contribution is 5.97. The monoisotopic (exact) mass is 434 g/mol. The molecule has 6 heteroatoms. The van der Waals surface area contributed by atoms with Crippen LogP contribution in [0.25, 0.3) is 0 Å². The van der Waals surface area contributed by atoms with Gasteiger partial charge in [-0.05, 0) is 62.1 Å². The van der Waals surface area contributed by atoms with Gasteiger partial charge in [-0.2, -0.15) is 0 Å². The highest BCUT2D eigenvalue weighted by atomic mass is 16.5. The third-order valence-electron chi connectivity index (χ3n) is 7.36. The number of amides is 1. The second-order valence-electron chi connectivity index (χ2n) is 9.42. The van der Waals surface area contributed by atoms with E-state index in [1.807, 2.05) is 17.2 Å². The van der Waals surface area contributed by atoms with E-state index in [0.29, 0.717) is 5.92 Å². The number of carbonyl (C=O) groups excluding carboxylic acids is 1. The fourth-order valence-corrected chi connectivity index (χ4v) is 5.30. The molecule has 0 N–H and O–H groups in total. The van der Waals surface area contributed by atoms with E-state index >= 15 is 0 Å². The van der Waals surface area contributed by atoms with Crippen LogP contribution in [-0.2, 0) is 16.0 Å². The maximum Gasteiger partial charge on any atom is 0.230 e.